The van der Waals surface area contributed by atoms with Crippen LogP contribution < -0.4 is 0 Å². The molecule has 0 atom stereocenters. The number of rotatable bonds is 3. The molecule has 1 N–H and O–H groups in total. The van der Waals surface area contributed by atoms with Gasteiger partial charge in [0.2, 0.25) is 9.84 Å². The van der Waals surface area contributed by atoms with E-state index < -0.39 is 21.5 Å². The van der Waals surface area contributed by atoms with Crippen LogP contribution in [-0.4, -0.2) is 23.4 Å². The molecular formula is C18H17F2N3O2S. The highest BCUT2D eigenvalue weighted by molar-refractivity contribution is 7.91. The van der Waals surface area contributed by atoms with Gasteiger partial charge in [-0.1, -0.05) is 19.3 Å². The lowest BCUT2D eigenvalue weighted by Gasteiger charge is -2.21. The molecule has 0 unspecified atom stereocenters. The van der Waals surface area contributed by atoms with E-state index in [-0.39, 0.29) is 21.2 Å². The molecule has 2 heterocycles. The van der Waals surface area contributed by atoms with Crippen molar-refractivity contribution in [3.63, 3.8) is 0 Å². The smallest absolute Gasteiger partial charge is 0.210 e. The van der Waals surface area contributed by atoms with E-state index in [9.17, 15) is 17.2 Å². The molecule has 0 amide bonds. The van der Waals surface area contributed by atoms with Crippen molar-refractivity contribution in [1.29, 1.82) is 0 Å². The highest BCUT2D eigenvalue weighted by atomic mass is 32.2. The summed E-state index contributed by atoms with van der Waals surface area (Å²) in [5, 5.41) is 0. The van der Waals surface area contributed by atoms with E-state index in [1.807, 2.05) is 0 Å². The Balaban J connectivity index is 1.83. The predicted octanol–water partition coefficient (Wildman–Crippen LogP) is 4.12. The molecule has 2 aromatic heterocycles. The Morgan fingerprint density at radius 1 is 1.04 bits per heavy atom. The number of fused-ring (bicyclic) bond motifs is 1. The van der Waals surface area contributed by atoms with Crippen molar-refractivity contribution in [3.8, 4) is 0 Å². The fourth-order valence-electron chi connectivity index (χ4n) is 3.60. The number of nitrogens with zero attached hydrogens (tertiary/aromatic N) is 2. The first kappa shape index (κ1) is 17.1. The molecule has 1 aromatic carbocycles. The largest absolute Gasteiger partial charge is 0.357 e. The van der Waals surface area contributed by atoms with E-state index in [0.717, 1.165) is 43.5 Å². The van der Waals surface area contributed by atoms with Crippen LogP contribution in [-0.2, 0) is 9.84 Å². The summed E-state index contributed by atoms with van der Waals surface area (Å²) in [6.45, 7) is 0. The lowest BCUT2D eigenvalue weighted by atomic mass is 9.86. The van der Waals surface area contributed by atoms with Crippen molar-refractivity contribution in [2.75, 3.05) is 0 Å². The van der Waals surface area contributed by atoms with E-state index >= 15 is 0 Å². The van der Waals surface area contributed by atoms with Crippen LogP contribution in [0.25, 0.3) is 11.0 Å². The first-order valence-electron chi connectivity index (χ1n) is 8.50. The zero-order valence-electron chi connectivity index (χ0n) is 13.9. The SMILES string of the molecule is O=S(=O)(c1ccc(F)c(F)c1)c1c[nH]c2c(C3CCCCC3)ncnc12. The maximum absolute atomic E-state index is 13.5. The van der Waals surface area contributed by atoms with Crippen molar-refractivity contribution in [2.45, 2.75) is 47.8 Å². The first-order chi connectivity index (χ1) is 12.5. The number of aromatic nitrogens is 3. The Hall–Kier alpha value is -2.35. The molecule has 136 valence electrons. The van der Waals surface area contributed by atoms with Gasteiger partial charge in [-0.25, -0.2) is 27.2 Å². The molecule has 0 bridgehead atoms. The Morgan fingerprint density at radius 2 is 1.81 bits per heavy atom. The average molecular weight is 377 g/mol. The maximum Gasteiger partial charge on any atom is 0.210 e. The molecule has 3 aromatic rings. The molecule has 8 heteroatoms. The minimum Gasteiger partial charge on any atom is -0.357 e. The van der Waals surface area contributed by atoms with Gasteiger partial charge in [0.15, 0.2) is 11.6 Å². The van der Waals surface area contributed by atoms with Gasteiger partial charge < -0.3 is 4.98 Å². The summed E-state index contributed by atoms with van der Waals surface area (Å²) < 4.78 is 52.4. The van der Waals surface area contributed by atoms with Crippen LogP contribution in [0.5, 0.6) is 0 Å². The van der Waals surface area contributed by atoms with Gasteiger partial charge in [-0.3, -0.25) is 0 Å². The molecule has 1 aliphatic carbocycles. The number of aromatic amines is 1. The molecule has 26 heavy (non-hydrogen) atoms. The summed E-state index contributed by atoms with van der Waals surface area (Å²) in [4.78, 5) is 11.1. The molecule has 0 radical (unpaired) electrons. The Labute approximate surface area is 149 Å². The number of nitrogens with one attached hydrogen (secondary N) is 1. The normalized spacial score (nSPS) is 16.2. The molecule has 1 fully saturated rings. The quantitative estimate of drug-likeness (QED) is 0.697. The summed E-state index contributed by atoms with van der Waals surface area (Å²) in [7, 11) is -4.04. The number of H-pyrrole nitrogens is 1. The summed E-state index contributed by atoms with van der Waals surface area (Å²) in [6.07, 6.45) is 8.18. The average Bonchev–Trinajstić information content (AvgIpc) is 3.09. The van der Waals surface area contributed by atoms with Gasteiger partial charge in [0, 0.05) is 12.1 Å². The van der Waals surface area contributed by atoms with E-state index in [1.54, 1.807) is 0 Å². The highest BCUT2D eigenvalue weighted by Gasteiger charge is 2.27. The van der Waals surface area contributed by atoms with Crippen LogP contribution in [0.2, 0.25) is 0 Å². The highest BCUT2D eigenvalue weighted by Crippen LogP contribution is 2.36. The lowest BCUT2D eigenvalue weighted by molar-refractivity contribution is 0.438. The standard InChI is InChI=1S/C18H17F2N3O2S/c19-13-7-6-12(8-14(13)20)26(24,25)15-9-21-18-16(22-10-23-17(15)18)11-4-2-1-3-5-11/h6-11,21H,1-5H2. The van der Waals surface area contributed by atoms with Crippen LogP contribution in [0.4, 0.5) is 8.78 Å². The van der Waals surface area contributed by atoms with Crippen LogP contribution in [0.15, 0.2) is 40.5 Å². The maximum atomic E-state index is 13.5. The third-order valence-corrected chi connectivity index (χ3v) is 6.71. The second-order valence-corrected chi connectivity index (χ2v) is 8.47. The van der Waals surface area contributed by atoms with E-state index in [0.29, 0.717) is 11.6 Å². The minimum atomic E-state index is -4.04. The fraction of sp³-hybridized carbons (Fsp3) is 0.333. The molecule has 4 rings (SSSR count). The monoisotopic (exact) mass is 377 g/mol. The number of hydrogen-bond donors (Lipinski definition) is 1. The third-order valence-electron chi connectivity index (χ3n) is 4.94. The zero-order valence-corrected chi connectivity index (χ0v) is 14.7. The van der Waals surface area contributed by atoms with Crippen LogP contribution in [0.1, 0.15) is 43.7 Å². The van der Waals surface area contributed by atoms with E-state index in [2.05, 4.69) is 15.0 Å². The van der Waals surface area contributed by atoms with Crippen molar-refractivity contribution in [3.05, 3.63) is 48.1 Å². The molecule has 1 saturated carbocycles. The number of sulfone groups is 1. The van der Waals surface area contributed by atoms with Gasteiger partial charge in [-0.15, -0.1) is 0 Å². The topological polar surface area (TPSA) is 75.7 Å². The second-order valence-electron chi connectivity index (χ2n) is 6.55. The fourth-order valence-corrected chi connectivity index (χ4v) is 4.98. The van der Waals surface area contributed by atoms with Gasteiger partial charge in [0.25, 0.3) is 0 Å². The number of halogens is 2. The number of hydrogen-bond acceptors (Lipinski definition) is 4. The van der Waals surface area contributed by atoms with Gasteiger partial charge in [-0.05, 0) is 31.0 Å². The van der Waals surface area contributed by atoms with E-state index in [1.165, 1.54) is 18.9 Å². The zero-order chi connectivity index (χ0) is 18.3. The predicted molar refractivity (Wildman–Crippen MR) is 91.5 cm³/mol. The summed E-state index contributed by atoms with van der Waals surface area (Å²) >= 11 is 0. The summed E-state index contributed by atoms with van der Waals surface area (Å²) in [6, 6.07) is 2.54. The van der Waals surface area contributed by atoms with Crippen LogP contribution in [0.3, 0.4) is 0 Å². The van der Waals surface area contributed by atoms with Gasteiger partial charge >= 0.3 is 0 Å². The molecular weight excluding hydrogens is 360 g/mol. The third kappa shape index (κ3) is 2.78. The Morgan fingerprint density at radius 3 is 2.54 bits per heavy atom. The minimum absolute atomic E-state index is 0.0574. The van der Waals surface area contributed by atoms with Crippen molar-refractivity contribution in [1.82, 2.24) is 15.0 Å². The van der Waals surface area contributed by atoms with Crippen LogP contribution >= 0.6 is 0 Å². The lowest BCUT2D eigenvalue weighted by Crippen LogP contribution is -2.08. The number of benzene rings is 1. The second kappa shape index (κ2) is 6.42. The Kier molecular flexibility index (Phi) is 4.22. The summed E-state index contributed by atoms with van der Waals surface area (Å²) in [5.41, 5.74) is 1.70. The first-order valence-corrected chi connectivity index (χ1v) is 9.99. The molecule has 1 aliphatic rings. The van der Waals surface area contributed by atoms with E-state index in [4.69, 9.17) is 0 Å². The van der Waals surface area contributed by atoms with Crippen molar-refractivity contribution >= 4 is 20.9 Å². The molecule has 0 aliphatic heterocycles. The van der Waals surface area contributed by atoms with Gasteiger partial charge in [0.05, 0.1) is 16.1 Å². The summed E-state index contributed by atoms with van der Waals surface area (Å²) in [5.74, 6) is -2.03. The van der Waals surface area contributed by atoms with Gasteiger partial charge in [0.1, 0.15) is 16.7 Å². The van der Waals surface area contributed by atoms with Crippen LogP contribution in [0, 0.1) is 11.6 Å². The Bertz CT molecular complexity index is 1070. The molecule has 0 saturated heterocycles. The molecule has 0 spiro atoms. The van der Waals surface area contributed by atoms with Crippen molar-refractivity contribution in [2.24, 2.45) is 0 Å². The molecule has 5 nitrogen and oxygen atoms in total. The van der Waals surface area contributed by atoms with Crippen molar-refractivity contribution < 1.29 is 17.2 Å². The van der Waals surface area contributed by atoms with Gasteiger partial charge in [-0.2, -0.15) is 0 Å².